The van der Waals surface area contributed by atoms with Gasteiger partial charge in [0, 0.05) is 18.5 Å². The fraction of sp³-hybridized carbons (Fsp3) is 0.824. The van der Waals surface area contributed by atoms with Gasteiger partial charge in [-0.1, -0.05) is 33.1 Å². The Morgan fingerprint density at radius 1 is 1.25 bits per heavy atom. The van der Waals surface area contributed by atoms with Gasteiger partial charge in [0.2, 0.25) is 11.8 Å². The lowest BCUT2D eigenvalue weighted by Gasteiger charge is -2.20. The predicted molar refractivity (Wildman–Crippen MR) is 96.4 cm³/mol. The molecule has 2 aliphatic rings. The van der Waals surface area contributed by atoms with Crippen LogP contribution in [0.1, 0.15) is 58.8 Å². The highest BCUT2D eigenvalue weighted by atomic mass is 16.6. The molecule has 0 spiro atoms. The van der Waals surface area contributed by atoms with E-state index in [1.54, 1.807) is 0 Å². The minimum atomic E-state index is -0.0184. The molecule has 1 saturated heterocycles. The third kappa shape index (κ3) is 8.63. The van der Waals surface area contributed by atoms with Crippen LogP contribution >= 0.6 is 0 Å². The van der Waals surface area contributed by atoms with Crippen molar-refractivity contribution >= 4 is 5.91 Å². The fourth-order valence-electron chi connectivity index (χ4n) is 2.95. The maximum absolute atomic E-state index is 11.5. The van der Waals surface area contributed by atoms with Crippen molar-refractivity contribution in [1.82, 2.24) is 15.8 Å². The summed E-state index contributed by atoms with van der Waals surface area (Å²) in [7, 11) is 1.90. The van der Waals surface area contributed by atoms with Crippen molar-refractivity contribution in [2.24, 2.45) is 11.8 Å². The van der Waals surface area contributed by atoms with Crippen molar-refractivity contribution < 1.29 is 14.7 Å². The van der Waals surface area contributed by atoms with Crippen LogP contribution in [0.25, 0.3) is 0 Å². The molecule has 7 heteroatoms. The number of nitrogens with two attached hydrogens (primary N) is 1. The number of hydrogen-bond acceptors (Lipinski definition) is 6. The van der Waals surface area contributed by atoms with Gasteiger partial charge < -0.3 is 9.94 Å². The van der Waals surface area contributed by atoms with Gasteiger partial charge in [0.05, 0.1) is 6.61 Å². The zero-order valence-corrected chi connectivity index (χ0v) is 15.5. The Labute approximate surface area is 146 Å². The topological polar surface area (TPSA) is 99.8 Å². The van der Waals surface area contributed by atoms with E-state index in [9.17, 15) is 4.79 Å². The van der Waals surface area contributed by atoms with E-state index in [2.05, 4.69) is 27.2 Å². The van der Waals surface area contributed by atoms with Crippen LogP contribution in [0.15, 0.2) is 12.5 Å². The van der Waals surface area contributed by atoms with E-state index in [0.29, 0.717) is 6.04 Å². The normalized spacial score (nSPS) is 21.0. The van der Waals surface area contributed by atoms with Gasteiger partial charge in [0.1, 0.15) is 0 Å². The zero-order chi connectivity index (χ0) is 18.4. The van der Waals surface area contributed by atoms with Crippen LogP contribution in [0.3, 0.4) is 0 Å². The molecule has 0 aromatic rings. The number of nitrogens with one attached hydrogen (secondary N) is 2. The maximum atomic E-state index is 11.5. The number of hydrazine groups is 1. The van der Waals surface area contributed by atoms with Gasteiger partial charge in [0.15, 0.2) is 0 Å². The quantitative estimate of drug-likeness (QED) is 0.447. The van der Waals surface area contributed by atoms with Crippen molar-refractivity contribution in [3.05, 3.63) is 12.5 Å². The molecular weight excluding hydrogens is 308 g/mol. The third-order valence-electron chi connectivity index (χ3n) is 4.26. The fourth-order valence-corrected chi connectivity index (χ4v) is 2.95. The Kier molecular flexibility index (Phi) is 13.5. The van der Waals surface area contributed by atoms with E-state index in [1.807, 2.05) is 20.9 Å². The van der Waals surface area contributed by atoms with Gasteiger partial charge in [-0.05, 0) is 39.3 Å². The van der Waals surface area contributed by atoms with E-state index in [4.69, 9.17) is 11.0 Å². The Morgan fingerprint density at radius 3 is 2.33 bits per heavy atom. The average molecular weight is 345 g/mol. The highest BCUT2D eigenvalue weighted by molar-refractivity contribution is 5.79. The van der Waals surface area contributed by atoms with Crippen molar-refractivity contribution in [3.8, 4) is 0 Å². The lowest BCUT2D eigenvalue weighted by atomic mass is 9.89. The van der Waals surface area contributed by atoms with Crippen LogP contribution in [0.2, 0.25) is 0 Å². The number of rotatable bonds is 5. The van der Waals surface area contributed by atoms with Crippen LogP contribution in [0.4, 0.5) is 0 Å². The molecule has 1 unspecified atom stereocenters. The van der Waals surface area contributed by atoms with Crippen molar-refractivity contribution in [3.63, 3.8) is 0 Å². The summed E-state index contributed by atoms with van der Waals surface area (Å²) in [6.07, 6.45) is 7.75. The van der Waals surface area contributed by atoms with Crippen molar-refractivity contribution in [1.29, 1.82) is 0 Å². The molecule has 2 fully saturated rings. The number of carbonyl (C=O) groups excluding carboxylic acids is 1. The molecule has 1 heterocycles. The Morgan fingerprint density at radius 2 is 1.88 bits per heavy atom. The Balaban J connectivity index is 0.000000420. The SMILES string of the molecule is C=C(NC(=O)C1CCCCC1)ON.CC.CNN1CCCC1CO. The lowest BCUT2D eigenvalue weighted by Crippen LogP contribution is -2.40. The first kappa shape index (κ1) is 22.9. The Bertz CT molecular complexity index is 337. The maximum Gasteiger partial charge on any atom is 0.229 e. The number of aliphatic hydroxyl groups is 1. The minimum Gasteiger partial charge on any atom is -0.395 e. The molecule has 0 radical (unpaired) electrons. The summed E-state index contributed by atoms with van der Waals surface area (Å²) in [6.45, 7) is 8.78. The molecule has 1 atom stereocenters. The minimum absolute atomic E-state index is 0.0184. The summed E-state index contributed by atoms with van der Waals surface area (Å²) >= 11 is 0. The van der Waals surface area contributed by atoms with Gasteiger partial charge in [-0.15, -0.1) is 0 Å². The van der Waals surface area contributed by atoms with Crippen LogP contribution in [-0.4, -0.2) is 42.3 Å². The first-order chi connectivity index (χ1) is 11.6. The van der Waals surface area contributed by atoms with E-state index in [-0.39, 0.29) is 24.3 Å². The highest BCUT2D eigenvalue weighted by Gasteiger charge is 2.22. The first-order valence-electron chi connectivity index (χ1n) is 9.03. The average Bonchev–Trinajstić information content (AvgIpc) is 3.12. The molecule has 142 valence electrons. The standard InChI is InChI=1S/C9H16N2O2.C6H14N2O.C2H6/c1-7(13-10)11-9(12)8-5-3-2-4-6-8;1-7-8-4-2-3-6(8)5-9;1-2/h8H,1-6,10H2,(H,11,12);6-7,9H,2-5H2,1H3;1-2H3. The number of nitrogens with zero attached hydrogens (tertiary/aromatic N) is 1. The molecule has 7 nitrogen and oxygen atoms in total. The summed E-state index contributed by atoms with van der Waals surface area (Å²) in [6, 6.07) is 0.356. The molecule has 1 saturated carbocycles. The van der Waals surface area contributed by atoms with E-state index in [0.717, 1.165) is 38.6 Å². The second-order valence-corrected chi connectivity index (χ2v) is 5.76. The summed E-state index contributed by atoms with van der Waals surface area (Å²) < 4.78 is 0. The molecule has 0 aromatic heterocycles. The van der Waals surface area contributed by atoms with Crippen LogP contribution in [0, 0.1) is 5.92 Å². The van der Waals surface area contributed by atoms with E-state index in [1.165, 1.54) is 12.8 Å². The number of hydrogen-bond donors (Lipinski definition) is 4. The Hall–Kier alpha value is -1.15. The predicted octanol–water partition coefficient (Wildman–Crippen LogP) is 1.65. The van der Waals surface area contributed by atoms with Crippen molar-refractivity contribution in [2.75, 3.05) is 20.2 Å². The third-order valence-corrected chi connectivity index (χ3v) is 4.26. The molecule has 1 amide bonds. The number of aliphatic hydroxyl groups excluding tert-OH is 1. The van der Waals surface area contributed by atoms with Gasteiger partial charge in [-0.2, -0.15) is 5.90 Å². The van der Waals surface area contributed by atoms with Crippen molar-refractivity contribution in [2.45, 2.75) is 64.8 Å². The van der Waals surface area contributed by atoms with Gasteiger partial charge >= 0.3 is 0 Å². The highest BCUT2D eigenvalue weighted by Crippen LogP contribution is 2.23. The second kappa shape index (κ2) is 14.2. The zero-order valence-electron chi connectivity index (χ0n) is 15.5. The molecule has 5 N–H and O–H groups in total. The van der Waals surface area contributed by atoms with Crippen LogP contribution in [-0.2, 0) is 9.63 Å². The van der Waals surface area contributed by atoms with Crippen LogP contribution < -0.4 is 16.6 Å². The first-order valence-corrected chi connectivity index (χ1v) is 9.03. The summed E-state index contributed by atoms with van der Waals surface area (Å²) in [4.78, 5) is 15.7. The van der Waals surface area contributed by atoms with Gasteiger partial charge in [-0.25, -0.2) is 5.01 Å². The smallest absolute Gasteiger partial charge is 0.229 e. The largest absolute Gasteiger partial charge is 0.395 e. The summed E-state index contributed by atoms with van der Waals surface area (Å²) in [5.74, 6) is 5.05. The van der Waals surface area contributed by atoms with Gasteiger partial charge in [0.25, 0.3) is 0 Å². The summed E-state index contributed by atoms with van der Waals surface area (Å²) in [5, 5.41) is 13.4. The lowest BCUT2D eigenvalue weighted by molar-refractivity contribution is -0.126. The molecule has 1 aliphatic heterocycles. The molecular formula is C17H36N4O3. The van der Waals surface area contributed by atoms with E-state index < -0.39 is 0 Å². The molecule has 24 heavy (non-hydrogen) atoms. The molecule has 1 aliphatic carbocycles. The molecule has 0 aromatic carbocycles. The van der Waals surface area contributed by atoms with E-state index >= 15 is 0 Å². The second-order valence-electron chi connectivity index (χ2n) is 5.76. The number of carbonyl (C=O) groups is 1. The molecule has 2 rings (SSSR count). The molecule has 0 bridgehead atoms. The summed E-state index contributed by atoms with van der Waals surface area (Å²) in [5.41, 5.74) is 3.04. The monoisotopic (exact) mass is 344 g/mol. The van der Waals surface area contributed by atoms with Gasteiger partial charge in [-0.3, -0.25) is 15.5 Å². The number of amides is 1. The van der Waals surface area contributed by atoms with Crippen LogP contribution in [0.5, 0.6) is 0 Å².